The molecule has 0 N–H and O–H groups in total. The van der Waals surface area contributed by atoms with Crippen molar-refractivity contribution in [3.8, 4) is 5.75 Å². The van der Waals surface area contributed by atoms with E-state index in [2.05, 4.69) is 26.0 Å². The van der Waals surface area contributed by atoms with Gasteiger partial charge in [-0.05, 0) is 35.4 Å². The summed E-state index contributed by atoms with van der Waals surface area (Å²) in [5.41, 5.74) is 2.26. The number of hydrogen-bond acceptors (Lipinski definition) is 3. The van der Waals surface area contributed by atoms with E-state index in [1.54, 1.807) is 7.11 Å². The molecule has 2 atom stereocenters. The number of likely N-dealkylation sites (tertiary alicyclic amines) is 1. The molecule has 1 saturated heterocycles. The topological polar surface area (TPSA) is 38.8 Å². The Balaban J connectivity index is 1.45. The van der Waals surface area contributed by atoms with Crippen LogP contribution in [0.1, 0.15) is 36.2 Å². The van der Waals surface area contributed by atoms with Gasteiger partial charge in [-0.2, -0.15) is 0 Å². The quantitative estimate of drug-likeness (QED) is 0.698. The van der Waals surface area contributed by atoms with Crippen LogP contribution in [0.25, 0.3) is 0 Å². The molecule has 2 aromatic carbocycles. The summed E-state index contributed by atoms with van der Waals surface area (Å²) in [7, 11) is 1.76. The van der Waals surface area contributed by atoms with E-state index in [9.17, 15) is 4.79 Å². The second kappa shape index (κ2) is 7.83. The predicted molar refractivity (Wildman–Crippen MR) is 114 cm³/mol. The number of methoxy groups -OCH3 is 1. The van der Waals surface area contributed by atoms with Crippen molar-refractivity contribution in [1.29, 1.82) is 0 Å². The zero-order chi connectivity index (χ0) is 20.5. The summed E-state index contributed by atoms with van der Waals surface area (Å²) < 4.78 is 11.6. The summed E-state index contributed by atoms with van der Waals surface area (Å²) in [6.07, 6.45) is 1.93. The number of carbonyl (C=O) groups excluding carboxylic acids is 1. The molecule has 0 spiro atoms. The van der Waals surface area contributed by atoms with Gasteiger partial charge in [0.25, 0.3) is 5.91 Å². The molecule has 1 amide bonds. The maximum absolute atomic E-state index is 13.4. The highest BCUT2D eigenvalue weighted by Gasteiger charge is 2.63. The third-order valence-corrected chi connectivity index (χ3v) is 6.73. The first kappa shape index (κ1) is 20.0. The molecule has 1 aliphatic carbocycles. The average molecular weight is 394 g/mol. The highest BCUT2D eigenvalue weighted by molar-refractivity contribution is 5.97. The fourth-order valence-corrected chi connectivity index (χ4v) is 5.63. The van der Waals surface area contributed by atoms with Gasteiger partial charge in [0.15, 0.2) is 0 Å². The molecule has 4 heteroatoms. The summed E-state index contributed by atoms with van der Waals surface area (Å²) in [4.78, 5) is 15.4. The summed E-state index contributed by atoms with van der Waals surface area (Å²) in [5, 5.41) is 0. The number of para-hydroxylation sites is 1. The normalized spacial score (nSPS) is 24.7. The Morgan fingerprint density at radius 3 is 2.55 bits per heavy atom. The molecule has 2 fully saturated rings. The average Bonchev–Trinajstić information content (AvgIpc) is 3.03. The molecule has 1 aliphatic heterocycles. The molecule has 0 aromatic heterocycles. The smallest absolute Gasteiger partial charge is 0.257 e. The molecule has 4 nitrogen and oxygen atoms in total. The Labute approximate surface area is 173 Å². The van der Waals surface area contributed by atoms with Gasteiger partial charge in [0.2, 0.25) is 0 Å². The van der Waals surface area contributed by atoms with Crippen LogP contribution in [0.5, 0.6) is 5.75 Å². The highest BCUT2D eigenvalue weighted by Crippen LogP contribution is 2.62. The lowest BCUT2D eigenvalue weighted by atomic mass is 9.48. The van der Waals surface area contributed by atoms with Crippen molar-refractivity contribution in [3.05, 3.63) is 65.7 Å². The van der Waals surface area contributed by atoms with Crippen LogP contribution in [-0.2, 0) is 11.2 Å². The second-order valence-electron chi connectivity index (χ2n) is 9.28. The van der Waals surface area contributed by atoms with Crippen molar-refractivity contribution in [3.63, 3.8) is 0 Å². The molecule has 154 valence electrons. The molecule has 1 saturated carbocycles. The van der Waals surface area contributed by atoms with E-state index in [0.29, 0.717) is 23.8 Å². The molecule has 0 bridgehead atoms. The standard InChI is InChI=1S/C25H31NO3/c1-24(2)16-25(18-28-3)17-26(15-22(24)25)23(27)20-11-7-8-12-21(20)29-14-13-19-9-5-4-6-10-19/h4-12,22H,13-18H2,1-3H3/t22-,25-/m1/s1. The lowest BCUT2D eigenvalue weighted by Crippen LogP contribution is -2.55. The summed E-state index contributed by atoms with van der Waals surface area (Å²) in [6.45, 7) is 7.46. The van der Waals surface area contributed by atoms with Crippen molar-refractivity contribution in [2.75, 3.05) is 33.4 Å². The fourth-order valence-electron chi connectivity index (χ4n) is 5.63. The van der Waals surface area contributed by atoms with Crippen molar-refractivity contribution in [2.45, 2.75) is 26.7 Å². The molecular weight excluding hydrogens is 362 g/mol. The first-order valence-corrected chi connectivity index (χ1v) is 10.5. The minimum Gasteiger partial charge on any atom is -0.492 e. The van der Waals surface area contributed by atoms with Crippen LogP contribution in [0.4, 0.5) is 0 Å². The van der Waals surface area contributed by atoms with Crippen molar-refractivity contribution in [2.24, 2.45) is 16.7 Å². The fraction of sp³-hybridized carbons (Fsp3) is 0.480. The summed E-state index contributed by atoms with van der Waals surface area (Å²) >= 11 is 0. The van der Waals surface area contributed by atoms with Crippen molar-refractivity contribution in [1.82, 2.24) is 4.90 Å². The number of ether oxygens (including phenoxy) is 2. The Kier molecular flexibility index (Phi) is 5.39. The third-order valence-electron chi connectivity index (χ3n) is 6.73. The Morgan fingerprint density at radius 2 is 1.83 bits per heavy atom. The largest absolute Gasteiger partial charge is 0.492 e. The number of benzene rings is 2. The van der Waals surface area contributed by atoms with E-state index in [-0.39, 0.29) is 16.7 Å². The van der Waals surface area contributed by atoms with Crippen LogP contribution in [0, 0.1) is 16.7 Å². The summed E-state index contributed by atoms with van der Waals surface area (Å²) in [5.74, 6) is 1.23. The molecule has 1 heterocycles. The van der Waals surface area contributed by atoms with Crippen molar-refractivity contribution < 1.29 is 14.3 Å². The number of hydrogen-bond donors (Lipinski definition) is 0. The highest BCUT2D eigenvalue weighted by atomic mass is 16.5. The van der Waals surface area contributed by atoms with E-state index in [0.717, 1.165) is 32.5 Å². The van der Waals surface area contributed by atoms with Gasteiger partial charge < -0.3 is 14.4 Å². The second-order valence-corrected chi connectivity index (χ2v) is 9.28. The SMILES string of the molecule is COC[C@@]12CN(C(=O)c3ccccc3OCCc3ccccc3)C[C@@H]1C(C)(C)C2. The first-order chi connectivity index (χ1) is 14.0. The van der Waals surface area contributed by atoms with Gasteiger partial charge >= 0.3 is 0 Å². The minimum absolute atomic E-state index is 0.0704. The number of fused-ring (bicyclic) bond motifs is 1. The van der Waals surface area contributed by atoms with Crippen LogP contribution in [0.3, 0.4) is 0 Å². The van der Waals surface area contributed by atoms with E-state index in [4.69, 9.17) is 9.47 Å². The Morgan fingerprint density at radius 1 is 1.10 bits per heavy atom. The number of amides is 1. The van der Waals surface area contributed by atoms with E-state index in [1.165, 1.54) is 5.56 Å². The maximum Gasteiger partial charge on any atom is 0.257 e. The number of nitrogens with zero attached hydrogens (tertiary/aromatic N) is 1. The monoisotopic (exact) mass is 393 g/mol. The molecule has 4 rings (SSSR count). The van der Waals surface area contributed by atoms with Crippen molar-refractivity contribution >= 4 is 5.91 Å². The molecule has 0 unspecified atom stereocenters. The van der Waals surface area contributed by atoms with Gasteiger partial charge in [0.1, 0.15) is 5.75 Å². The van der Waals surface area contributed by atoms with Gasteiger partial charge in [0.05, 0.1) is 18.8 Å². The Hall–Kier alpha value is -2.33. The van der Waals surface area contributed by atoms with Crippen LogP contribution >= 0.6 is 0 Å². The van der Waals surface area contributed by atoms with Crippen LogP contribution in [-0.4, -0.2) is 44.2 Å². The van der Waals surface area contributed by atoms with Gasteiger partial charge in [0, 0.05) is 32.0 Å². The predicted octanol–water partition coefficient (Wildman–Crippen LogP) is 4.44. The Bertz CT molecular complexity index is 863. The maximum atomic E-state index is 13.4. The minimum atomic E-state index is 0.0704. The molecule has 0 radical (unpaired) electrons. The van der Waals surface area contributed by atoms with E-state index >= 15 is 0 Å². The molecule has 2 aliphatic rings. The molecule has 2 aromatic rings. The van der Waals surface area contributed by atoms with Gasteiger partial charge in [-0.1, -0.05) is 56.3 Å². The van der Waals surface area contributed by atoms with Crippen LogP contribution in [0.2, 0.25) is 0 Å². The van der Waals surface area contributed by atoms with E-state index in [1.807, 2.05) is 47.4 Å². The third kappa shape index (κ3) is 3.78. The zero-order valence-electron chi connectivity index (χ0n) is 17.7. The van der Waals surface area contributed by atoms with Crippen LogP contribution in [0.15, 0.2) is 54.6 Å². The van der Waals surface area contributed by atoms with E-state index < -0.39 is 0 Å². The number of rotatable bonds is 7. The molecule has 29 heavy (non-hydrogen) atoms. The molecular formula is C25H31NO3. The lowest BCUT2D eigenvalue weighted by molar-refractivity contribution is -0.107. The van der Waals surface area contributed by atoms with Gasteiger partial charge in [-0.3, -0.25) is 4.79 Å². The number of carbonyl (C=O) groups is 1. The van der Waals surface area contributed by atoms with Gasteiger partial charge in [-0.25, -0.2) is 0 Å². The first-order valence-electron chi connectivity index (χ1n) is 10.5. The van der Waals surface area contributed by atoms with Crippen LogP contribution < -0.4 is 4.74 Å². The summed E-state index contributed by atoms with van der Waals surface area (Å²) in [6, 6.07) is 17.9. The van der Waals surface area contributed by atoms with Gasteiger partial charge in [-0.15, -0.1) is 0 Å². The lowest BCUT2D eigenvalue weighted by Gasteiger charge is -2.56. The zero-order valence-corrected chi connectivity index (χ0v) is 17.7.